The summed E-state index contributed by atoms with van der Waals surface area (Å²) in [6.07, 6.45) is 3.57. The predicted octanol–water partition coefficient (Wildman–Crippen LogP) is 2.91. The van der Waals surface area contributed by atoms with E-state index in [9.17, 15) is 4.79 Å². The quantitative estimate of drug-likeness (QED) is 0.726. The highest BCUT2D eigenvalue weighted by Gasteiger charge is 2.44. The van der Waals surface area contributed by atoms with Crippen LogP contribution in [-0.2, 0) is 22.0 Å². The molecule has 1 aliphatic heterocycles. The lowest BCUT2D eigenvalue weighted by Gasteiger charge is -2.19. The molecular formula is C20H22N4O2. The zero-order valence-electron chi connectivity index (χ0n) is 15.5. The number of rotatable bonds is 4. The molecule has 3 aromatic rings. The van der Waals surface area contributed by atoms with Crippen LogP contribution in [-0.4, -0.2) is 40.7 Å². The number of pyridine rings is 1. The number of hydrogen-bond donors (Lipinski definition) is 0. The first-order valence-electron chi connectivity index (χ1n) is 8.67. The number of methoxy groups -OCH3 is 1. The van der Waals surface area contributed by atoms with Gasteiger partial charge in [-0.1, -0.05) is 0 Å². The molecule has 1 amide bonds. The molecule has 0 radical (unpaired) electrons. The molecule has 0 bridgehead atoms. The van der Waals surface area contributed by atoms with E-state index in [1.54, 1.807) is 13.3 Å². The van der Waals surface area contributed by atoms with Crippen LogP contribution < -0.4 is 4.90 Å². The van der Waals surface area contributed by atoms with Gasteiger partial charge in [0.1, 0.15) is 5.82 Å². The highest BCUT2D eigenvalue weighted by molar-refractivity contribution is 6.09. The van der Waals surface area contributed by atoms with Gasteiger partial charge in [0, 0.05) is 38.7 Å². The maximum absolute atomic E-state index is 12.9. The topological polar surface area (TPSA) is 60.2 Å². The summed E-state index contributed by atoms with van der Waals surface area (Å²) in [6, 6.07) is 8.03. The van der Waals surface area contributed by atoms with E-state index < -0.39 is 5.41 Å². The summed E-state index contributed by atoms with van der Waals surface area (Å²) in [4.78, 5) is 23.7. The Balaban J connectivity index is 1.90. The van der Waals surface area contributed by atoms with Crippen molar-refractivity contribution in [2.24, 2.45) is 7.05 Å². The summed E-state index contributed by atoms with van der Waals surface area (Å²) in [6.45, 7) is 5.00. The third-order valence-electron chi connectivity index (χ3n) is 5.18. The first kappa shape index (κ1) is 16.7. The van der Waals surface area contributed by atoms with Crippen LogP contribution in [0.15, 0.2) is 36.7 Å². The Morgan fingerprint density at radius 2 is 2.08 bits per heavy atom. The lowest BCUT2D eigenvalue weighted by Crippen LogP contribution is -2.37. The van der Waals surface area contributed by atoms with Crippen LogP contribution >= 0.6 is 0 Å². The number of nitrogens with zero attached hydrogens (tertiary/aromatic N) is 4. The molecule has 3 heterocycles. The number of aryl methyl sites for hydroxylation is 1. The number of amides is 1. The largest absolute Gasteiger partial charge is 0.383 e. The average molecular weight is 350 g/mol. The van der Waals surface area contributed by atoms with Gasteiger partial charge in [-0.25, -0.2) is 4.98 Å². The number of benzene rings is 1. The predicted molar refractivity (Wildman–Crippen MR) is 101 cm³/mol. The molecule has 0 saturated heterocycles. The maximum atomic E-state index is 12.9. The van der Waals surface area contributed by atoms with Crippen molar-refractivity contribution in [2.45, 2.75) is 19.3 Å². The summed E-state index contributed by atoms with van der Waals surface area (Å²) >= 11 is 0. The minimum Gasteiger partial charge on any atom is -0.383 e. The van der Waals surface area contributed by atoms with E-state index in [-0.39, 0.29) is 5.91 Å². The Morgan fingerprint density at radius 1 is 1.27 bits per heavy atom. The second-order valence-corrected chi connectivity index (χ2v) is 7.17. The van der Waals surface area contributed by atoms with Gasteiger partial charge in [-0.15, -0.1) is 0 Å². The number of aromatic nitrogens is 3. The van der Waals surface area contributed by atoms with Gasteiger partial charge in [0.15, 0.2) is 0 Å². The Morgan fingerprint density at radius 3 is 2.77 bits per heavy atom. The van der Waals surface area contributed by atoms with Gasteiger partial charge >= 0.3 is 0 Å². The highest BCUT2D eigenvalue weighted by Crippen LogP contribution is 2.43. The molecule has 1 aliphatic rings. The number of anilines is 1. The van der Waals surface area contributed by atoms with Crippen molar-refractivity contribution in [3.8, 4) is 11.4 Å². The monoisotopic (exact) mass is 350 g/mol. The molecule has 0 N–H and O–H groups in total. The van der Waals surface area contributed by atoms with E-state index in [0.29, 0.717) is 13.2 Å². The summed E-state index contributed by atoms with van der Waals surface area (Å²) in [5.41, 5.74) is 4.26. The SMILES string of the molecule is COCCN1C(=O)C(C)(C)c2cc3c(cc21)nc(-c1cccnc1)n3C. The molecule has 2 aromatic heterocycles. The van der Waals surface area contributed by atoms with Crippen molar-refractivity contribution in [1.29, 1.82) is 0 Å². The number of fused-ring (bicyclic) bond motifs is 2. The smallest absolute Gasteiger partial charge is 0.237 e. The van der Waals surface area contributed by atoms with Crippen LogP contribution in [0.4, 0.5) is 5.69 Å². The second kappa shape index (κ2) is 5.92. The van der Waals surface area contributed by atoms with Crippen LogP contribution in [0.1, 0.15) is 19.4 Å². The van der Waals surface area contributed by atoms with Crippen LogP contribution in [0, 0.1) is 0 Å². The molecule has 0 unspecified atom stereocenters. The lowest BCUT2D eigenvalue weighted by molar-refractivity contribution is -0.122. The van der Waals surface area contributed by atoms with Gasteiger partial charge in [-0.3, -0.25) is 9.78 Å². The third kappa shape index (κ3) is 2.33. The Hall–Kier alpha value is -2.73. The molecule has 0 saturated carbocycles. The van der Waals surface area contributed by atoms with E-state index in [0.717, 1.165) is 33.7 Å². The minimum absolute atomic E-state index is 0.104. The zero-order valence-corrected chi connectivity index (χ0v) is 15.5. The molecule has 0 spiro atoms. The van der Waals surface area contributed by atoms with Crippen LogP contribution in [0.25, 0.3) is 22.4 Å². The second-order valence-electron chi connectivity index (χ2n) is 7.17. The molecular weight excluding hydrogens is 328 g/mol. The van der Waals surface area contributed by atoms with Gasteiger partial charge in [0.2, 0.25) is 5.91 Å². The Bertz CT molecular complexity index is 992. The summed E-state index contributed by atoms with van der Waals surface area (Å²) in [5, 5.41) is 0. The van der Waals surface area contributed by atoms with Gasteiger partial charge in [-0.2, -0.15) is 0 Å². The molecule has 0 fully saturated rings. The average Bonchev–Trinajstić information content (AvgIpc) is 3.06. The third-order valence-corrected chi connectivity index (χ3v) is 5.18. The number of carbonyl (C=O) groups excluding carboxylic acids is 1. The van der Waals surface area contributed by atoms with Crippen molar-refractivity contribution < 1.29 is 9.53 Å². The Kier molecular flexibility index (Phi) is 3.80. The van der Waals surface area contributed by atoms with Crippen molar-refractivity contribution in [2.75, 3.05) is 25.2 Å². The van der Waals surface area contributed by atoms with Crippen molar-refractivity contribution in [1.82, 2.24) is 14.5 Å². The van der Waals surface area contributed by atoms with Crippen LogP contribution in [0.5, 0.6) is 0 Å². The molecule has 1 aromatic carbocycles. The number of ether oxygens (including phenoxy) is 1. The molecule has 6 nitrogen and oxygen atoms in total. The summed E-state index contributed by atoms with van der Waals surface area (Å²) in [5.74, 6) is 0.969. The number of hydrogen-bond acceptors (Lipinski definition) is 4. The Labute approximate surface area is 152 Å². The minimum atomic E-state index is -0.560. The van der Waals surface area contributed by atoms with Gasteiger partial charge in [0.25, 0.3) is 0 Å². The standard InChI is InChI=1S/C20H22N4O2/c1-20(2)14-10-17-15(11-16(14)24(19(20)25)8-9-26-4)22-18(23(17)3)13-6-5-7-21-12-13/h5-7,10-12H,8-9H2,1-4H3. The molecule has 6 heteroatoms. The molecule has 134 valence electrons. The number of carbonyl (C=O) groups is 1. The molecule has 4 rings (SSSR count). The molecule has 26 heavy (non-hydrogen) atoms. The molecule has 0 aliphatic carbocycles. The zero-order chi connectivity index (χ0) is 18.5. The van der Waals surface area contributed by atoms with E-state index in [1.165, 1.54) is 0 Å². The van der Waals surface area contributed by atoms with Crippen molar-refractivity contribution >= 4 is 22.6 Å². The summed E-state index contributed by atoms with van der Waals surface area (Å²) in [7, 11) is 3.64. The highest BCUT2D eigenvalue weighted by atomic mass is 16.5. The van der Waals surface area contributed by atoms with E-state index in [1.807, 2.05) is 50.2 Å². The van der Waals surface area contributed by atoms with Gasteiger partial charge in [-0.05, 0) is 43.7 Å². The molecule has 0 atom stereocenters. The normalized spacial score (nSPS) is 15.7. The van der Waals surface area contributed by atoms with Crippen LogP contribution in [0.2, 0.25) is 0 Å². The first-order valence-corrected chi connectivity index (χ1v) is 8.67. The lowest BCUT2D eigenvalue weighted by atomic mass is 9.86. The van der Waals surface area contributed by atoms with E-state index in [2.05, 4.69) is 15.6 Å². The fourth-order valence-corrected chi connectivity index (χ4v) is 3.67. The summed E-state index contributed by atoms with van der Waals surface area (Å²) < 4.78 is 7.24. The van der Waals surface area contributed by atoms with Gasteiger partial charge < -0.3 is 14.2 Å². The van der Waals surface area contributed by atoms with Crippen molar-refractivity contribution in [3.63, 3.8) is 0 Å². The van der Waals surface area contributed by atoms with E-state index >= 15 is 0 Å². The first-order chi connectivity index (χ1) is 12.4. The van der Waals surface area contributed by atoms with E-state index in [4.69, 9.17) is 9.72 Å². The van der Waals surface area contributed by atoms with Gasteiger partial charge in [0.05, 0.1) is 28.7 Å². The van der Waals surface area contributed by atoms with Crippen molar-refractivity contribution in [3.05, 3.63) is 42.2 Å². The fraction of sp³-hybridized carbons (Fsp3) is 0.350. The van der Waals surface area contributed by atoms with Crippen LogP contribution in [0.3, 0.4) is 0 Å². The fourth-order valence-electron chi connectivity index (χ4n) is 3.67. The number of imidazole rings is 1. The maximum Gasteiger partial charge on any atom is 0.237 e.